The Morgan fingerprint density at radius 1 is 1.52 bits per heavy atom. The number of rotatable bonds is 7. The maximum absolute atomic E-state index is 12.0. The molecule has 1 aliphatic carbocycles. The van der Waals surface area contributed by atoms with Crippen molar-refractivity contribution in [2.24, 2.45) is 11.7 Å². The zero-order valence-electron chi connectivity index (χ0n) is 11.8. The number of hydrogen-bond acceptors (Lipinski definition) is 6. The van der Waals surface area contributed by atoms with Gasteiger partial charge in [-0.2, -0.15) is 0 Å². The van der Waals surface area contributed by atoms with Gasteiger partial charge < -0.3 is 15.2 Å². The molecule has 0 radical (unpaired) electrons. The molecule has 2 N–H and O–H groups in total. The maximum Gasteiger partial charge on any atom is 0.329 e. The number of benzene rings is 1. The van der Waals surface area contributed by atoms with E-state index in [1.54, 1.807) is 13.0 Å². The lowest BCUT2D eigenvalue weighted by molar-refractivity contribution is -0.384. The molecule has 21 heavy (non-hydrogen) atoms. The van der Waals surface area contributed by atoms with Crippen molar-refractivity contribution in [3.05, 3.63) is 34.4 Å². The molecule has 0 saturated heterocycles. The SMILES string of the molecule is CCOC(=O)C(N)(COc1cccc([N+](=O)[O-])c1)C1CC1. The first kappa shape index (κ1) is 15.2. The van der Waals surface area contributed by atoms with Crippen molar-refractivity contribution in [2.45, 2.75) is 25.3 Å². The second-order valence-electron chi connectivity index (χ2n) is 5.08. The Bertz CT molecular complexity index is 544. The van der Waals surface area contributed by atoms with E-state index < -0.39 is 16.4 Å². The lowest BCUT2D eigenvalue weighted by atomic mass is 9.96. The average Bonchev–Trinajstić information content (AvgIpc) is 3.30. The number of nitro benzene ring substituents is 1. The van der Waals surface area contributed by atoms with Gasteiger partial charge in [0.2, 0.25) is 0 Å². The van der Waals surface area contributed by atoms with Crippen LogP contribution in [0.15, 0.2) is 24.3 Å². The van der Waals surface area contributed by atoms with Crippen LogP contribution in [-0.4, -0.2) is 29.6 Å². The fourth-order valence-corrected chi connectivity index (χ4v) is 2.10. The molecular weight excluding hydrogens is 276 g/mol. The van der Waals surface area contributed by atoms with Gasteiger partial charge in [-0.05, 0) is 31.7 Å². The van der Waals surface area contributed by atoms with Crippen LogP contribution >= 0.6 is 0 Å². The third-order valence-electron chi connectivity index (χ3n) is 3.47. The zero-order valence-corrected chi connectivity index (χ0v) is 11.8. The summed E-state index contributed by atoms with van der Waals surface area (Å²) in [5.74, 6) is -0.142. The van der Waals surface area contributed by atoms with Crippen molar-refractivity contribution in [1.82, 2.24) is 0 Å². The smallest absolute Gasteiger partial charge is 0.329 e. The Kier molecular flexibility index (Phi) is 4.42. The molecular formula is C14H18N2O5. The van der Waals surface area contributed by atoms with Gasteiger partial charge in [0.25, 0.3) is 5.69 Å². The fraction of sp³-hybridized carbons (Fsp3) is 0.500. The first-order chi connectivity index (χ1) is 9.97. The highest BCUT2D eigenvalue weighted by Gasteiger charge is 2.50. The number of carbonyl (C=O) groups excluding carboxylic acids is 1. The van der Waals surface area contributed by atoms with Gasteiger partial charge in [-0.3, -0.25) is 10.1 Å². The maximum atomic E-state index is 12.0. The minimum Gasteiger partial charge on any atom is -0.491 e. The standard InChI is InChI=1S/C14H18N2O5/c1-2-20-13(17)14(15,10-6-7-10)9-21-12-5-3-4-11(8-12)16(18)19/h3-5,8,10H,2,6-7,9,15H2,1H3. The normalized spacial score (nSPS) is 16.9. The monoisotopic (exact) mass is 294 g/mol. The molecule has 1 aromatic carbocycles. The van der Waals surface area contributed by atoms with Crippen LogP contribution in [0.5, 0.6) is 5.75 Å². The van der Waals surface area contributed by atoms with Gasteiger partial charge in [0.05, 0.1) is 17.6 Å². The van der Waals surface area contributed by atoms with Crippen LogP contribution in [0.25, 0.3) is 0 Å². The van der Waals surface area contributed by atoms with Gasteiger partial charge in [0.1, 0.15) is 12.4 Å². The summed E-state index contributed by atoms with van der Waals surface area (Å²) in [6.45, 7) is 1.91. The molecule has 114 valence electrons. The number of non-ortho nitro benzene ring substituents is 1. The van der Waals surface area contributed by atoms with Gasteiger partial charge in [0, 0.05) is 6.07 Å². The lowest BCUT2D eigenvalue weighted by Gasteiger charge is -2.26. The molecule has 1 saturated carbocycles. The van der Waals surface area contributed by atoms with Crippen LogP contribution in [0, 0.1) is 16.0 Å². The van der Waals surface area contributed by atoms with Crippen molar-refractivity contribution >= 4 is 11.7 Å². The first-order valence-corrected chi connectivity index (χ1v) is 6.80. The average molecular weight is 294 g/mol. The Balaban J connectivity index is 2.07. The van der Waals surface area contributed by atoms with Gasteiger partial charge >= 0.3 is 5.97 Å². The summed E-state index contributed by atoms with van der Waals surface area (Å²) in [4.78, 5) is 22.2. The van der Waals surface area contributed by atoms with Crippen LogP contribution in [0.1, 0.15) is 19.8 Å². The molecule has 1 atom stereocenters. The first-order valence-electron chi connectivity index (χ1n) is 6.80. The van der Waals surface area contributed by atoms with Gasteiger partial charge in [-0.15, -0.1) is 0 Å². The summed E-state index contributed by atoms with van der Waals surface area (Å²) >= 11 is 0. The lowest BCUT2D eigenvalue weighted by Crippen LogP contribution is -2.55. The quantitative estimate of drug-likeness (QED) is 0.465. The summed E-state index contributed by atoms with van der Waals surface area (Å²) in [6, 6.07) is 5.78. The molecule has 0 spiro atoms. The summed E-state index contributed by atoms with van der Waals surface area (Å²) in [7, 11) is 0. The van der Waals surface area contributed by atoms with E-state index >= 15 is 0 Å². The van der Waals surface area contributed by atoms with E-state index in [2.05, 4.69) is 0 Å². The number of nitrogens with two attached hydrogens (primary N) is 1. The van der Waals surface area contributed by atoms with Crippen LogP contribution < -0.4 is 10.5 Å². The molecule has 7 heteroatoms. The van der Waals surface area contributed by atoms with E-state index in [1.165, 1.54) is 18.2 Å². The van der Waals surface area contributed by atoms with E-state index in [0.29, 0.717) is 5.75 Å². The predicted molar refractivity (Wildman–Crippen MR) is 74.9 cm³/mol. The molecule has 1 unspecified atom stereocenters. The number of ether oxygens (including phenoxy) is 2. The minimum atomic E-state index is -1.19. The molecule has 1 aromatic rings. The molecule has 1 aliphatic rings. The molecule has 7 nitrogen and oxygen atoms in total. The number of esters is 1. The molecule has 0 aliphatic heterocycles. The summed E-state index contributed by atoms with van der Waals surface area (Å²) < 4.78 is 10.5. The molecule has 0 bridgehead atoms. The minimum absolute atomic E-state index is 0.0373. The topological polar surface area (TPSA) is 105 Å². The van der Waals surface area contributed by atoms with Gasteiger partial charge in [-0.25, -0.2) is 4.79 Å². The van der Waals surface area contributed by atoms with Crippen LogP contribution in [0.2, 0.25) is 0 Å². The van der Waals surface area contributed by atoms with Crippen LogP contribution in [0.4, 0.5) is 5.69 Å². The van der Waals surface area contributed by atoms with E-state index in [1.807, 2.05) is 0 Å². The highest BCUT2D eigenvalue weighted by atomic mass is 16.6. The summed E-state index contributed by atoms with van der Waals surface area (Å²) in [6.07, 6.45) is 1.71. The van der Waals surface area contributed by atoms with E-state index in [9.17, 15) is 14.9 Å². The van der Waals surface area contributed by atoms with E-state index in [4.69, 9.17) is 15.2 Å². The highest BCUT2D eigenvalue weighted by Crippen LogP contribution is 2.39. The number of hydrogen-bond donors (Lipinski definition) is 1. The van der Waals surface area contributed by atoms with E-state index in [0.717, 1.165) is 12.8 Å². The number of nitrogens with zero attached hydrogens (tertiary/aromatic N) is 1. The van der Waals surface area contributed by atoms with Crippen molar-refractivity contribution in [1.29, 1.82) is 0 Å². The zero-order chi connectivity index (χ0) is 15.5. The highest BCUT2D eigenvalue weighted by molar-refractivity contribution is 5.81. The van der Waals surface area contributed by atoms with Crippen LogP contribution in [0.3, 0.4) is 0 Å². The van der Waals surface area contributed by atoms with Crippen molar-refractivity contribution in [2.75, 3.05) is 13.2 Å². The number of carbonyl (C=O) groups is 1. The van der Waals surface area contributed by atoms with Gasteiger partial charge in [0.15, 0.2) is 5.54 Å². The molecule has 1 fully saturated rings. The van der Waals surface area contributed by atoms with Crippen molar-refractivity contribution < 1.29 is 19.2 Å². The summed E-state index contributed by atoms with van der Waals surface area (Å²) in [5, 5.41) is 10.7. The number of nitro groups is 1. The van der Waals surface area contributed by atoms with E-state index in [-0.39, 0.29) is 24.8 Å². The largest absolute Gasteiger partial charge is 0.491 e. The van der Waals surface area contributed by atoms with Crippen molar-refractivity contribution in [3.63, 3.8) is 0 Å². The molecule has 0 aromatic heterocycles. The predicted octanol–water partition coefficient (Wildman–Crippen LogP) is 1.64. The Morgan fingerprint density at radius 3 is 2.81 bits per heavy atom. The van der Waals surface area contributed by atoms with Crippen molar-refractivity contribution in [3.8, 4) is 5.75 Å². The Hall–Kier alpha value is -2.15. The Labute approximate surface area is 122 Å². The second kappa shape index (κ2) is 6.09. The second-order valence-corrected chi connectivity index (χ2v) is 5.08. The van der Waals surface area contributed by atoms with Crippen LogP contribution in [-0.2, 0) is 9.53 Å². The third kappa shape index (κ3) is 3.49. The Morgan fingerprint density at radius 2 is 2.24 bits per heavy atom. The third-order valence-corrected chi connectivity index (χ3v) is 3.47. The fourth-order valence-electron chi connectivity index (χ4n) is 2.10. The molecule has 0 heterocycles. The molecule has 2 rings (SSSR count). The summed E-state index contributed by atoms with van der Waals surface area (Å²) in [5.41, 5.74) is 4.88. The van der Waals surface area contributed by atoms with Gasteiger partial charge in [-0.1, -0.05) is 6.07 Å². The molecule has 0 amide bonds.